The van der Waals surface area contributed by atoms with E-state index in [2.05, 4.69) is 4.98 Å². The molecule has 24 heavy (non-hydrogen) atoms. The lowest BCUT2D eigenvalue weighted by molar-refractivity contribution is 0.0596. The standard InChI is InChI=1S/C13H19FN3O5PS/c1-13(2,3)22-23(20)21-6-7-10(18)9(14)11(24-7)17-5-4-8(15)16-12(17)19/h4-5,7,9-11,18H,6H2,1-3H3,(H-,15,16,19)/p+1/t7-,9+,10-,11-/m1/s1. The van der Waals surface area contributed by atoms with E-state index < -0.39 is 42.4 Å². The molecule has 3 N–H and O–H groups in total. The number of nitrogen functional groups attached to an aromatic ring is 1. The van der Waals surface area contributed by atoms with Crippen LogP contribution in [0.5, 0.6) is 0 Å². The van der Waals surface area contributed by atoms with E-state index in [9.17, 15) is 18.9 Å². The number of aliphatic hydroxyl groups excluding tert-OH is 1. The monoisotopic (exact) mass is 380 g/mol. The van der Waals surface area contributed by atoms with Crippen molar-refractivity contribution >= 4 is 25.8 Å². The fourth-order valence-corrected chi connectivity index (χ4v) is 4.37. The summed E-state index contributed by atoms with van der Waals surface area (Å²) in [5.74, 6) is 0.0337. The van der Waals surface area contributed by atoms with E-state index in [4.69, 9.17) is 14.8 Å². The second-order valence-electron chi connectivity index (χ2n) is 6.27. The van der Waals surface area contributed by atoms with Gasteiger partial charge in [0.1, 0.15) is 29.5 Å². The van der Waals surface area contributed by atoms with E-state index in [0.717, 1.165) is 16.3 Å². The van der Waals surface area contributed by atoms with E-state index in [1.165, 1.54) is 12.3 Å². The minimum absolute atomic E-state index is 0.0337. The molecule has 0 radical (unpaired) electrons. The third-order valence-corrected chi connectivity index (χ3v) is 5.70. The molecule has 1 saturated heterocycles. The van der Waals surface area contributed by atoms with Crippen LogP contribution >= 0.6 is 20.0 Å². The smallest absolute Gasteiger partial charge is 0.389 e. The molecule has 1 aromatic heterocycles. The average molecular weight is 380 g/mol. The second kappa shape index (κ2) is 7.45. The molecule has 2 rings (SSSR count). The maximum Gasteiger partial charge on any atom is 0.697 e. The highest BCUT2D eigenvalue weighted by Crippen LogP contribution is 2.44. The Hall–Kier alpha value is -1.06. The highest BCUT2D eigenvalue weighted by atomic mass is 32.2. The van der Waals surface area contributed by atoms with Gasteiger partial charge >= 0.3 is 13.9 Å². The van der Waals surface area contributed by atoms with Crippen molar-refractivity contribution in [2.24, 2.45) is 0 Å². The molecule has 5 atom stereocenters. The van der Waals surface area contributed by atoms with Crippen molar-refractivity contribution in [3.8, 4) is 0 Å². The Morgan fingerprint density at radius 3 is 2.79 bits per heavy atom. The van der Waals surface area contributed by atoms with Gasteiger partial charge in [-0.3, -0.25) is 4.57 Å². The predicted molar refractivity (Wildman–Crippen MR) is 88.6 cm³/mol. The summed E-state index contributed by atoms with van der Waals surface area (Å²) in [6.07, 6.45) is -1.75. The average Bonchev–Trinajstić information content (AvgIpc) is 2.71. The molecular weight excluding hydrogens is 360 g/mol. The van der Waals surface area contributed by atoms with Gasteiger partial charge in [0.25, 0.3) is 0 Å². The Bertz CT molecular complexity index is 668. The predicted octanol–water partition coefficient (Wildman–Crippen LogP) is 1.63. The summed E-state index contributed by atoms with van der Waals surface area (Å²) in [5, 5.41) is 8.35. The number of thioether (sulfide) groups is 1. The number of hydrogen-bond donors (Lipinski definition) is 2. The van der Waals surface area contributed by atoms with Crippen molar-refractivity contribution < 1.29 is 23.1 Å². The first kappa shape index (κ1) is 19.3. The minimum atomic E-state index is -2.39. The number of halogens is 1. The minimum Gasteiger partial charge on any atom is -0.389 e. The van der Waals surface area contributed by atoms with Gasteiger partial charge in [-0.25, -0.2) is 9.18 Å². The molecule has 1 aliphatic heterocycles. The zero-order chi connectivity index (χ0) is 18.1. The summed E-state index contributed by atoms with van der Waals surface area (Å²) in [7, 11) is -2.39. The third-order valence-electron chi connectivity index (χ3n) is 3.11. The van der Waals surface area contributed by atoms with Gasteiger partial charge in [0.15, 0.2) is 6.17 Å². The van der Waals surface area contributed by atoms with E-state index in [0.29, 0.717) is 0 Å². The van der Waals surface area contributed by atoms with Crippen LogP contribution < -0.4 is 11.4 Å². The molecule has 1 aliphatic rings. The second-order valence-corrected chi connectivity index (χ2v) is 8.51. The van der Waals surface area contributed by atoms with Gasteiger partial charge in [-0.2, -0.15) is 4.98 Å². The lowest BCUT2D eigenvalue weighted by Crippen LogP contribution is -2.33. The van der Waals surface area contributed by atoms with Gasteiger partial charge in [-0.1, -0.05) is 0 Å². The molecule has 0 saturated carbocycles. The first-order chi connectivity index (χ1) is 11.1. The number of rotatable bonds is 5. The van der Waals surface area contributed by atoms with E-state index in [1.807, 2.05) is 0 Å². The van der Waals surface area contributed by atoms with Crippen LogP contribution in [0.1, 0.15) is 26.1 Å². The number of anilines is 1. The van der Waals surface area contributed by atoms with E-state index in [1.54, 1.807) is 20.8 Å². The maximum atomic E-state index is 14.3. The number of hydrogen-bond acceptors (Lipinski definition) is 8. The van der Waals surface area contributed by atoms with Crippen molar-refractivity contribution in [1.82, 2.24) is 9.55 Å². The molecule has 1 unspecified atom stereocenters. The molecule has 0 aliphatic carbocycles. The Balaban J connectivity index is 2.02. The van der Waals surface area contributed by atoms with Gasteiger partial charge in [0, 0.05) is 10.8 Å². The normalized spacial score (nSPS) is 28.1. The Labute approximate surface area is 143 Å². The van der Waals surface area contributed by atoms with Gasteiger partial charge in [0.2, 0.25) is 0 Å². The SMILES string of the molecule is CC(C)(C)O[P+](=O)OC[C@H]1S[C@@H](n2ccc(N)nc2=O)[C@@H](F)[C@@H]1O. The molecule has 8 nitrogen and oxygen atoms in total. The number of nitrogens with two attached hydrogens (primary N) is 1. The number of aliphatic hydroxyl groups is 1. The van der Waals surface area contributed by atoms with Crippen molar-refractivity contribution in [2.75, 3.05) is 12.3 Å². The van der Waals surface area contributed by atoms with Crippen LogP contribution in [-0.2, 0) is 13.6 Å². The van der Waals surface area contributed by atoms with Gasteiger partial charge < -0.3 is 10.8 Å². The van der Waals surface area contributed by atoms with Gasteiger partial charge in [-0.15, -0.1) is 20.8 Å². The molecule has 134 valence electrons. The molecule has 0 amide bonds. The highest BCUT2D eigenvalue weighted by Gasteiger charge is 2.46. The van der Waals surface area contributed by atoms with Crippen LogP contribution in [0.2, 0.25) is 0 Å². The molecule has 0 bridgehead atoms. The first-order valence-electron chi connectivity index (χ1n) is 7.20. The molecule has 11 heteroatoms. The fourth-order valence-electron chi connectivity index (χ4n) is 2.07. The Morgan fingerprint density at radius 2 is 2.21 bits per heavy atom. The van der Waals surface area contributed by atoms with E-state index >= 15 is 0 Å². The quantitative estimate of drug-likeness (QED) is 0.741. The largest absolute Gasteiger partial charge is 0.697 e. The van der Waals surface area contributed by atoms with Crippen LogP contribution in [0, 0.1) is 0 Å². The summed E-state index contributed by atoms with van der Waals surface area (Å²) < 4.78 is 37.3. The molecule has 1 fully saturated rings. The third kappa shape index (κ3) is 4.73. The van der Waals surface area contributed by atoms with Gasteiger partial charge in [-0.05, 0) is 26.8 Å². The Morgan fingerprint density at radius 1 is 1.54 bits per heavy atom. The molecule has 0 aromatic carbocycles. The highest BCUT2D eigenvalue weighted by molar-refractivity contribution is 8.00. The summed E-state index contributed by atoms with van der Waals surface area (Å²) in [5.41, 5.74) is 4.05. The first-order valence-corrected chi connectivity index (χ1v) is 9.24. The van der Waals surface area contributed by atoms with Crippen LogP contribution in [0.4, 0.5) is 10.2 Å². The topological polar surface area (TPSA) is 117 Å². The number of alkyl halides is 1. The van der Waals surface area contributed by atoms with Crippen LogP contribution in [0.25, 0.3) is 0 Å². The van der Waals surface area contributed by atoms with Gasteiger partial charge in [0.05, 0.1) is 5.25 Å². The molecular formula is C13H20FN3O5PS+. The maximum absolute atomic E-state index is 14.3. The zero-order valence-electron chi connectivity index (χ0n) is 13.5. The van der Waals surface area contributed by atoms with Crippen LogP contribution in [0.15, 0.2) is 17.1 Å². The number of aromatic nitrogens is 2. The van der Waals surface area contributed by atoms with Crippen molar-refractivity contribution in [3.63, 3.8) is 0 Å². The molecule has 1 aromatic rings. The van der Waals surface area contributed by atoms with Crippen molar-refractivity contribution in [3.05, 3.63) is 22.7 Å². The lowest BCUT2D eigenvalue weighted by atomic mass is 10.1. The Kier molecular flexibility index (Phi) is 5.98. The summed E-state index contributed by atoms with van der Waals surface area (Å²) in [6, 6.07) is 1.37. The summed E-state index contributed by atoms with van der Waals surface area (Å²) in [4.78, 5) is 15.4. The molecule has 2 heterocycles. The van der Waals surface area contributed by atoms with Crippen LogP contribution in [0.3, 0.4) is 0 Å². The lowest BCUT2D eigenvalue weighted by Gasteiger charge is -2.15. The van der Waals surface area contributed by atoms with Crippen molar-refractivity contribution in [2.45, 2.75) is 49.3 Å². The van der Waals surface area contributed by atoms with E-state index in [-0.39, 0.29) is 12.4 Å². The summed E-state index contributed by atoms with van der Waals surface area (Å²) >= 11 is 1.01. The van der Waals surface area contributed by atoms with Crippen LogP contribution in [-0.4, -0.2) is 44.4 Å². The van der Waals surface area contributed by atoms with Crippen molar-refractivity contribution in [1.29, 1.82) is 0 Å². The summed E-state index contributed by atoms with van der Waals surface area (Å²) in [6.45, 7) is 4.98. The number of nitrogens with zero attached hydrogens (tertiary/aromatic N) is 2. The molecule has 0 spiro atoms. The zero-order valence-corrected chi connectivity index (χ0v) is 15.2. The fraction of sp³-hybridized carbons (Fsp3) is 0.692.